The largest absolute Gasteiger partial charge is 0.378 e. The molecule has 0 saturated carbocycles. The highest BCUT2D eigenvalue weighted by molar-refractivity contribution is 5.76. The summed E-state index contributed by atoms with van der Waals surface area (Å²) in [5.74, 6) is -0.0892. The van der Waals surface area contributed by atoms with Gasteiger partial charge in [0.25, 0.3) is 5.56 Å². The molecule has 0 unspecified atom stereocenters. The summed E-state index contributed by atoms with van der Waals surface area (Å²) in [6.07, 6.45) is 5.17. The van der Waals surface area contributed by atoms with Crippen LogP contribution < -0.4 is 15.8 Å². The van der Waals surface area contributed by atoms with Crippen molar-refractivity contribution in [1.29, 1.82) is 0 Å². The maximum absolute atomic E-state index is 14.3. The predicted molar refractivity (Wildman–Crippen MR) is 116 cm³/mol. The van der Waals surface area contributed by atoms with Gasteiger partial charge in [0.2, 0.25) is 11.9 Å². The number of imidazole rings is 1. The fourth-order valence-electron chi connectivity index (χ4n) is 3.61. The van der Waals surface area contributed by atoms with Crippen LogP contribution >= 0.6 is 0 Å². The molecule has 10 heteroatoms. The number of nitrogens with zero attached hydrogens (tertiary/aromatic N) is 4. The van der Waals surface area contributed by atoms with Gasteiger partial charge in [0.05, 0.1) is 25.2 Å². The number of carbonyl (C=O) groups excluding carboxylic acids is 1. The van der Waals surface area contributed by atoms with Crippen LogP contribution in [0.4, 0.5) is 10.3 Å². The van der Waals surface area contributed by atoms with Crippen LogP contribution in [0, 0.1) is 12.7 Å². The van der Waals surface area contributed by atoms with Gasteiger partial charge in [-0.3, -0.25) is 14.6 Å². The van der Waals surface area contributed by atoms with Gasteiger partial charge in [-0.1, -0.05) is 6.07 Å². The molecule has 3 aromatic rings. The lowest BCUT2D eigenvalue weighted by Crippen LogP contribution is -2.38. The van der Waals surface area contributed by atoms with E-state index in [4.69, 9.17) is 4.74 Å². The second-order valence-corrected chi connectivity index (χ2v) is 7.59. The first kappa shape index (κ1) is 21.7. The molecule has 4 rings (SSSR count). The standard InChI is InChI=1S/C22H25FN6O3/c1-15-17(21(31)27-22(26-15)28-8-10-32-11-9-28)3-5-20(30)25-13-16-2-4-19(18(23)12-16)29-7-6-24-14-29/h2,4,6-7,12,14H,3,5,8-11,13H2,1H3,(H,25,30)(H,26,27,31). The molecule has 1 fully saturated rings. The summed E-state index contributed by atoms with van der Waals surface area (Å²) in [6.45, 7) is 4.52. The van der Waals surface area contributed by atoms with Gasteiger partial charge in [-0.2, -0.15) is 0 Å². The number of benzene rings is 1. The Balaban J connectivity index is 1.32. The van der Waals surface area contributed by atoms with E-state index >= 15 is 0 Å². The van der Waals surface area contributed by atoms with Gasteiger partial charge in [0.15, 0.2) is 0 Å². The average molecular weight is 440 g/mol. The van der Waals surface area contributed by atoms with Crippen molar-refractivity contribution < 1.29 is 13.9 Å². The van der Waals surface area contributed by atoms with Crippen LogP contribution in [-0.4, -0.2) is 51.7 Å². The van der Waals surface area contributed by atoms with Crippen molar-refractivity contribution in [3.63, 3.8) is 0 Å². The highest BCUT2D eigenvalue weighted by Crippen LogP contribution is 2.15. The van der Waals surface area contributed by atoms with Gasteiger partial charge in [0.1, 0.15) is 5.82 Å². The Bertz CT molecular complexity index is 1140. The van der Waals surface area contributed by atoms with E-state index in [1.807, 2.05) is 4.90 Å². The van der Waals surface area contributed by atoms with E-state index in [0.717, 1.165) is 0 Å². The zero-order chi connectivity index (χ0) is 22.5. The van der Waals surface area contributed by atoms with Crippen molar-refractivity contribution >= 4 is 11.9 Å². The summed E-state index contributed by atoms with van der Waals surface area (Å²) in [5.41, 5.74) is 1.91. The minimum atomic E-state index is -0.400. The lowest BCUT2D eigenvalue weighted by atomic mass is 10.1. The topological polar surface area (TPSA) is 105 Å². The number of nitrogens with one attached hydrogen (secondary N) is 2. The Hall–Kier alpha value is -3.53. The number of H-pyrrole nitrogens is 1. The molecule has 0 aliphatic carbocycles. The van der Waals surface area contributed by atoms with Crippen molar-refractivity contribution in [3.05, 3.63) is 69.9 Å². The minimum absolute atomic E-state index is 0.137. The molecule has 1 aromatic carbocycles. The Morgan fingerprint density at radius 2 is 2.12 bits per heavy atom. The van der Waals surface area contributed by atoms with Crippen molar-refractivity contribution in [2.45, 2.75) is 26.3 Å². The van der Waals surface area contributed by atoms with Gasteiger partial charge < -0.3 is 19.5 Å². The average Bonchev–Trinajstić information content (AvgIpc) is 3.32. The number of hydrogen-bond donors (Lipinski definition) is 2. The van der Waals surface area contributed by atoms with Crippen LogP contribution in [0.5, 0.6) is 0 Å². The van der Waals surface area contributed by atoms with E-state index in [-0.39, 0.29) is 30.9 Å². The predicted octanol–water partition coefficient (Wildman–Crippen LogP) is 1.49. The lowest BCUT2D eigenvalue weighted by molar-refractivity contribution is -0.121. The smallest absolute Gasteiger partial charge is 0.255 e. The summed E-state index contributed by atoms with van der Waals surface area (Å²) >= 11 is 0. The van der Waals surface area contributed by atoms with E-state index in [1.165, 1.54) is 12.4 Å². The third kappa shape index (κ3) is 5.02. The molecule has 0 radical (unpaired) electrons. The number of carbonyl (C=O) groups is 1. The summed E-state index contributed by atoms with van der Waals surface area (Å²) in [6, 6.07) is 4.78. The Morgan fingerprint density at radius 3 is 2.81 bits per heavy atom. The molecule has 1 saturated heterocycles. The van der Waals surface area contributed by atoms with E-state index in [1.54, 1.807) is 36.0 Å². The monoisotopic (exact) mass is 440 g/mol. The molecule has 32 heavy (non-hydrogen) atoms. The van der Waals surface area contributed by atoms with Gasteiger partial charge in [0, 0.05) is 49.7 Å². The zero-order valence-corrected chi connectivity index (χ0v) is 17.8. The molecule has 2 aromatic heterocycles. The Labute approximate surface area is 184 Å². The zero-order valence-electron chi connectivity index (χ0n) is 17.8. The summed E-state index contributed by atoms with van der Waals surface area (Å²) in [5, 5.41) is 2.77. The molecule has 0 atom stereocenters. The van der Waals surface area contributed by atoms with Gasteiger partial charge in [-0.25, -0.2) is 14.4 Å². The molecule has 0 bridgehead atoms. The number of halogens is 1. The van der Waals surface area contributed by atoms with Crippen LogP contribution in [0.15, 0.2) is 41.7 Å². The first-order valence-electron chi connectivity index (χ1n) is 10.5. The molecule has 9 nitrogen and oxygen atoms in total. The van der Waals surface area contributed by atoms with Crippen LogP contribution in [0.3, 0.4) is 0 Å². The molecule has 1 aliphatic heterocycles. The number of amides is 1. The van der Waals surface area contributed by atoms with Crippen LogP contribution in [0.1, 0.15) is 23.2 Å². The molecular weight excluding hydrogens is 415 g/mol. The minimum Gasteiger partial charge on any atom is -0.378 e. The highest BCUT2D eigenvalue weighted by atomic mass is 19.1. The molecule has 168 valence electrons. The number of aromatic amines is 1. The van der Waals surface area contributed by atoms with Crippen molar-refractivity contribution in [1.82, 2.24) is 24.8 Å². The second-order valence-electron chi connectivity index (χ2n) is 7.59. The number of anilines is 1. The van der Waals surface area contributed by atoms with E-state index in [2.05, 4.69) is 20.3 Å². The summed E-state index contributed by atoms with van der Waals surface area (Å²) in [4.78, 5) is 38.0. The van der Waals surface area contributed by atoms with E-state index in [0.29, 0.717) is 54.8 Å². The third-order valence-electron chi connectivity index (χ3n) is 5.41. The van der Waals surface area contributed by atoms with Gasteiger partial charge in [-0.05, 0) is 31.0 Å². The Kier molecular flexibility index (Phi) is 6.60. The number of ether oxygens (including phenoxy) is 1. The molecule has 0 spiro atoms. The first-order chi connectivity index (χ1) is 15.5. The maximum atomic E-state index is 14.3. The number of aryl methyl sites for hydroxylation is 1. The number of morpholine rings is 1. The molecular formula is C22H25FN6O3. The van der Waals surface area contributed by atoms with E-state index < -0.39 is 5.82 Å². The maximum Gasteiger partial charge on any atom is 0.255 e. The van der Waals surface area contributed by atoms with Gasteiger partial charge in [-0.15, -0.1) is 0 Å². The van der Waals surface area contributed by atoms with Gasteiger partial charge >= 0.3 is 0 Å². The highest BCUT2D eigenvalue weighted by Gasteiger charge is 2.17. The normalized spacial score (nSPS) is 13.9. The third-order valence-corrected chi connectivity index (χ3v) is 5.41. The molecule has 1 amide bonds. The summed E-state index contributed by atoms with van der Waals surface area (Å²) in [7, 11) is 0. The van der Waals surface area contributed by atoms with Crippen LogP contribution in [0.2, 0.25) is 0 Å². The molecule has 1 aliphatic rings. The number of hydrogen-bond acceptors (Lipinski definition) is 6. The molecule has 3 heterocycles. The van der Waals surface area contributed by atoms with Crippen molar-refractivity contribution in [2.24, 2.45) is 0 Å². The SMILES string of the molecule is Cc1nc(N2CCOCC2)[nH]c(=O)c1CCC(=O)NCc1ccc(-n2ccnc2)c(F)c1. The quantitative estimate of drug-likeness (QED) is 0.577. The fraction of sp³-hybridized carbons (Fsp3) is 0.364. The van der Waals surface area contributed by atoms with Crippen LogP contribution in [-0.2, 0) is 22.5 Å². The van der Waals surface area contributed by atoms with Crippen LogP contribution in [0.25, 0.3) is 5.69 Å². The lowest BCUT2D eigenvalue weighted by Gasteiger charge is -2.27. The number of rotatable bonds is 7. The number of aromatic nitrogens is 4. The Morgan fingerprint density at radius 1 is 1.31 bits per heavy atom. The molecule has 2 N–H and O–H groups in total. The first-order valence-corrected chi connectivity index (χ1v) is 10.5. The van der Waals surface area contributed by atoms with E-state index in [9.17, 15) is 14.0 Å². The second kappa shape index (κ2) is 9.73. The van der Waals surface area contributed by atoms with Crippen molar-refractivity contribution in [2.75, 3.05) is 31.2 Å². The van der Waals surface area contributed by atoms with Crippen molar-refractivity contribution in [3.8, 4) is 5.69 Å². The summed E-state index contributed by atoms with van der Waals surface area (Å²) < 4.78 is 21.2. The fourth-order valence-corrected chi connectivity index (χ4v) is 3.61.